The Morgan fingerprint density at radius 3 is 1.93 bits per heavy atom. The quantitative estimate of drug-likeness (QED) is 0.685. The van der Waals surface area contributed by atoms with Crippen LogP contribution in [-0.2, 0) is 9.84 Å². The number of sulfone groups is 1. The maximum atomic E-state index is 11.4. The molecular weight excluding hydrogens is 200 g/mol. The standard InChI is InChI=1S/C10H16O3S/c11-3-6-1-7-8(2-6)10-5-14(12,13)4-9(7)10/h6-11H,1-5H2/t6?,7-,8-,9-,10+/m1/s1. The number of hydrogen-bond acceptors (Lipinski definition) is 3. The first kappa shape index (κ1) is 9.16. The zero-order chi connectivity index (χ0) is 9.92. The monoisotopic (exact) mass is 216 g/mol. The van der Waals surface area contributed by atoms with Crippen LogP contribution in [0.3, 0.4) is 0 Å². The van der Waals surface area contributed by atoms with Crippen LogP contribution in [0.15, 0.2) is 0 Å². The summed E-state index contributed by atoms with van der Waals surface area (Å²) in [7, 11) is -2.71. The van der Waals surface area contributed by atoms with Crippen molar-refractivity contribution in [1.29, 1.82) is 0 Å². The SMILES string of the molecule is O=S1(=O)C[C@@H]2[C@@H]3CC(CO)C[C@H]3[C@@H]2C1. The highest BCUT2D eigenvalue weighted by Crippen LogP contribution is 2.60. The van der Waals surface area contributed by atoms with Crippen LogP contribution in [0.4, 0.5) is 0 Å². The fourth-order valence-corrected chi connectivity index (χ4v) is 6.29. The average Bonchev–Trinajstić information content (AvgIpc) is 2.62. The number of aliphatic hydroxyl groups excluding tert-OH is 1. The van der Waals surface area contributed by atoms with Gasteiger partial charge in [0.05, 0.1) is 11.5 Å². The minimum Gasteiger partial charge on any atom is -0.396 e. The van der Waals surface area contributed by atoms with Gasteiger partial charge in [-0.15, -0.1) is 0 Å². The molecule has 0 spiro atoms. The van der Waals surface area contributed by atoms with Gasteiger partial charge in [0.1, 0.15) is 0 Å². The van der Waals surface area contributed by atoms with Gasteiger partial charge in [-0.05, 0) is 42.4 Å². The number of rotatable bonds is 1. The van der Waals surface area contributed by atoms with Crippen LogP contribution < -0.4 is 0 Å². The zero-order valence-electron chi connectivity index (χ0n) is 8.09. The van der Waals surface area contributed by atoms with Gasteiger partial charge in [0, 0.05) is 6.61 Å². The second kappa shape index (κ2) is 2.73. The molecule has 0 aromatic heterocycles. The van der Waals surface area contributed by atoms with Crippen LogP contribution in [0.2, 0.25) is 0 Å². The highest BCUT2D eigenvalue weighted by molar-refractivity contribution is 7.91. The molecule has 0 aromatic rings. The van der Waals surface area contributed by atoms with E-state index < -0.39 is 9.84 Å². The fourth-order valence-electron chi connectivity index (χ4n) is 3.99. The second-order valence-corrected chi connectivity index (χ2v) is 7.41. The van der Waals surface area contributed by atoms with E-state index in [4.69, 9.17) is 5.11 Å². The summed E-state index contributed by atoms with van der Waals surface area (Å²) in [6.07, 6.45) is 2.13. The smallest absolute Gasteiger partial charge is 0.150 e. The van der Waals surface area contributed by atoms with Gasteiger partial charge in [0.15, 0.2) is 9.84 Å². The van der Waals surface area contributed by atoms with E-state index in [1.807, 2.05) is 0 Å². The third-order valence-electron chi connectivity index (χ3n) is 4.56. The van der Waals surface area contributed by atoms with Crippen molar-refractivity contribution in [3.8, 4) is 0 Å². The van der Waals surface area contributed by atoms with Gasteiger partial charge >= 0.3 is 0 Å². The normalized spacial score (nSPS) is 53.6. The van der Waals surface area contributed by atoms with Crippen molar-refractivity contribution in [2.75, 3.05) is 18.1 Å². The summed E-state index contributed by atoms with van der Waals surface area (Å²) in [6.45, 7) is 0.291. The predicted molar refractivity (Wildman–Crippen MR) is 52.4 cm³/mol. The van der Waals surface area contributed by atoms with Crippen molar-refractivity contribution in [3.05, 3.63) is 0 Å². The van der Waals surface area contributed by atoms with Crippen LogP contribution >= 0.6 is 0 Å². The van der Waals surface area contributed by atoms with E-state index in [0.717, 1.165) is 12.8 Å². The van der Waals surface area contributed by atoms with Crippen LogP contribution in [0.5, 0.6) is 0 Å². The molecule has 0 amide bonds. The number of aliphatic hydroxyl groups is 1. The Hall–Kier alpha value is -0.0900. The molecule has 5 atom stereocenters. The lowest BCUT2D eigenvalue weighted by atomic mass is 9.60. The summed E-state index contributed by atoms with van der Waals surface area (Å²) >= 11 is 0. The highest BCUT2D eigenvalue weighted by Gasteiger charge is 2.59. The van der Waals surface area contributed by atoms with Gasteiger partial charge in [0.25, 0.3) is 0 Å². The maximum Gasteiger partial charge on any atom is 0.150 e. The van der Waals surface area contributed by atoms with Crippen molar-refractivity contribution < 1.29 is 13.5 Å². The molecule has 0 aromatic carbocycles. The van der Waals surface area contributed by atoms with E-state index in [1.54, 1.807) is 0 Å². The third kappa shape index (κ3) is 1.10. The molecule has 1 saturated heterocycles. The van der Waals surface area contributed by atoms with E-state index >= 15 is 0 Å². The van der Waals surface area contributed by atoms with Crippen molar-refractivity contribution >= 4 is 9.84 Å². The van der Waals surface area contributed by atoms with Crippen molar-refractivity contribution in [3.63, 3.8) is 0 Å². The van der Waals surface area contributed by atoms with E-state index in [2.05, 4.69) is 0 Å². The molecule has 0 bridgehead atoms. The molecule has 80 valence electrons. The Kier molecular flexibility index (Phi) is 1.78. The fraction of sp³-hybridized carbons (Fsp3) is 1.00. The molecule has 4 heteroatoms. The van der Waals surface area contributed by atoms with E-state index in [0.29, 0.717) is 47.7 Å². The molecule has 1 aliphatic heterocycles. The molecular formula is C10H16O3S. The summed E-state index contributed by atoms with van der Waals surface area (Å²) in [5.74, 6) is 3.44. The largest absolute Gasteiger partial charge is 0.396 e. The van der Waals surface area contributed by atoms with Gasteiger partial charge in [-0.25, -0.2) is 8.42 Å². The molecule has 2 aliphatic carbocycles. The van der Waals surface area contributed by atoms with Crippen LogP contribution in [0.1, 0.15) is 12.8 Å². The second-order valence-electron chi connectivity index (χ2n) is 5.25. The number of hydrogen-bond donors (Lipinski definition) is 1. The van der Waals surface area contributed by atoms with Gasteiger partial charge < -0.3 is 5.11 Å². The lowest BCUT2D eigenvalue weighted by Crippen LogP contribution is -2.42. The molecule has 1 heterocycles. The Morgan fingerprint density at radius 2 is 1.50 bits per heavy atom. The maximum absolute atomic E-state index is 11.4. The van der Waals surface area contributed by atoms with E-state index in [9.17, 15) is 8.42 Å². The molecule has 3 aliphatic rings. The lowest BCUT2D eigenvalue weighted by molar-refractivity contribution is 0.0462. The van der Waals surface area contributed by atoms with Gasteiger partial charge in [-0.1, -0.05) is 0 Å². The molecule has 2 saturated carbocycles. The van der Waals surface area contributed by atoms with E-state index in [1.165, 1.54) is 0 Å². The summed E-state index contributed by atoms with van der Waals surface area (Å²) in [4.78, 5) is 0. The molecule has 3 nitrogen and oxygen atoms in total. The molecule has 14 heavy (non-hydrogen) atoms. The molecule has 0 radical (unpaired) electrons. The van der Waals surface area contributed by atoms with Crippen molar-refractivity contribution in [2.24, 2.45) is 29.6 Å². The van der Waals surface area contributed by atoms with Gasteiger partial charge in [-0.3, -0.25) is 0 Å². The van der Waals surface area contributed by atoms with Crippen LogP contribution in [0, 0.1) is 29.6 Å². The predicted octanol–water partition coefficient (Wildman–Crippen LogP) is 0.295. The van der Waals surface area contributed by atoms with E-state index in [-0.39, 0.29) is 0 Å². The first-order valence-corrected chi connectivity index (χ1v) is 7.24. The molecule has 1 unspecified atom stereocenters. The molecule has 3 fully saturated rings. The van der Waals surface area contributed by atoms with Crippen LogP contribution in [-0.4, -0.2) is 31.6 Å². The lowest BCUT2D eigenvalue weighted by Gasteiger charge is -2.44. The Morgan fingerprint density at radius 1 is 1.00 bits per heavy atom. The minimum atomic E-state index is -2.71. The van der Waals surface area contributed by atoms with Crippen LogP contribution in [0.25, 0.3) is 0 Å². The number of fused-ring (bicyclic) bond motifs is 4. The summed E-state index contributed by atoms with van der Waals surface area (Å²) in [5, 5.41) is 9.08. The Labute approximate surface area is 84.4 Å². The topological polar surface area (TPSA) is 54.4 Å². The summed E-state index contributed by atoms with van der Waals surface area (Å²) < 4.78 is 22.8. The first-order chi connectivity index (χ1) is 6.61. The van der Waals surface area contributed by atoms with Gasteiger partial charge in [0.2, 0.25) is 0 Å². The Bertz CT molecular complexity index is 322. The third-order valence-corrected chi connectivity index (χ3v) is 6.35. The first-order valence-electron chi connectivity index (χ1n) is 5.42. The van der Waals surface area contributed by atoms with Crippen molar-refractivity contribution in [2.45, 2.75) is 12.8 Å². The summed E-state index contributed by atoms with van der Waals surface area (Å²) in [6, 6.07) is 0. The summed E-state index contributed by atoms with van der Waals surface area (Å²) in [5.41, 5.74) is 0. The van der Waals surface area contributed by atoms with Gasteiger partial charge in [-0.2, -0.15) is 0 Å². The zero-order valence-corrected chi connectivity index (χ0v) is 8.91. The minimum absolute atomic E-state index is 0.291. The Balaban J connectivity index is 1.78. The molecule has 1 N–H and O–H groups in total. The highest BCUT2D eigenvalue weighted by atomic mass is 32.2. The average molecular weight is 216 g/mol. The van der Waals surface area contributed by atoms with Crippen molar-refractivity contribution in [1.82, 2.24) is 0 Å². The molecule has 3 rings (SSSR count).